The smallest absolute Gasteiger partial charge is 0.220 e. The molecular weight excluding hydrogens is 220 g/mol. The van der Waals surface area contributed by atoms with Gasteiger partial charge in [0, 0.05) is 18.0 Å². The number of hydrogen-bond donors (Lipinski definition) is 2. The van der Waals surface area contributed by atoms with Crippen LogP contribution in [0.4, 0.5) is 0 Å². The van der Waals surface area contributed by atoms with E-state index in [4.69, 9.17) is 5.73 Å². The van der Waals surface area contributed by atoms with Crippen LogP contribution >= 0.6 is 11.8 Å². The van der Waals surface area contributed by atoms with Crippen LogP contribution in [-0.4, -0.2) is 29.5 Å². The molecule has 1 amide bonds. The highest BCUT2D eigenvalue weighted by Crippen LogP contribution is 2.26. The minimum absolute atomic E-state index is 0.106. The van der Waals surface area contributed by atoms with E-state index >= 15 is 0 Å². The summed E-state index contributed by atoms with van der Waals surface area (Å²) in [5, 5.41) is 3.72. The van der Waals surface area contributed by atoms with Crippen LogP contribution in [0.2, 0.25) is 0 Å². The summed E-state index contributed by atoms with van der Waals surface area (Å²) in [6.45, 7) is 0. The molecule has 0 aromatic heterocycles. The fraction of sp³-hybridized carbons (Fsp3) is 0.917. The van der Waals surface area contributed by atoms with Gasteiger partial charge in [-0.2, -0.15) is 11.8 Å². The number of amides is 1. The van der Waals surface area contributed by atoms with Gasteiger partial charge in [-0.1, -0.05) is 6.42 Å². The van der Waals surface area contributed by atoms with Crippen molar-refractivity contribution < 1.29 is 4.79 Å². The molecule has 0 spiro atoms. The number of nitrogens with two attached hydrogens (primary N) is 1. The van der Waals surface area contributed by atoms with E-state index < -0.39 is 0 Å². The van der Waals surface area contributed by atoms with Gasteiger partial charge in [-0.15, -0.1) is 0 Å². The quantitative estimate of drug-likeness (QED) is 0.789. The number of nitrogens with one attached hydrogen (secondary N) is 1. The molecule has 2 rings (SSSR count). The molecule has 16 heavy (non-hydrogen) atoms. The Morgan fingerprint density at radius 2 is 1.88 bits per heavy atom. The molecule has 2 aliphatic rings. The number of rotatable bonds is 3. The Morgan fingerprint density at radius 1 is 1.12 bits per heavy atom. The van der Waals surface area contributed by atoms with Gasteiger partial charge in [0.25, 0.3) is 0 Å². The van der Waals surface area contributed by atoms with Gasteiger partial charge >= 0.3 is 0 Å². The van der Waals surface area contributed by atoms with Crippen molar-refractivity contribution >= 4 is 17.7 Å². The fourth-order valence-corrected chi connectivity index (χ4v) is 3.90. The van der Waals surface area contributed by atoms with Crippen molar-refractivity contribution in [2.24, 2.45) is 11.7 Å². The Balaban J connectivity index is 1.78. The average molecular weight is 242 g/mol. The van der Waals surface area contributed by atoms with Gasteiger partial charge in [0.15, 0.2) is 0 Å². The largest absolute Gasteiger partial charge is 0.369 e. The maximum absolute atomic E-state index is 11.2. The number of hydrogen-bond acceptors (Lipinski definition) is 3. The van der Waals surface area contributed by atoms with Crippen LogP contribution in [0.1, 0.15) is 38.5 Å². The summed E-state index contributed by atoms with van der Waals surface area (Å²) in [7, 11) is 0. The third kappa shape index (κ3) is 3.39. The van der Waals surface area contributed by atoms with Crippen molar-refractivity contribution in [1.82, 2.24) is 5.32 Å². The Labute approximate surface area is 102 Å². The van der Waals surface area contributed by atoms with Gasteiger partial charge in [0.05, 0.1) is 0 Å². The highest BCUT2D eigenvalue weighted by atomic mass is 32.2. The minimum Gasteiger partial charge on any atom is -0.369 e. The predicted molar refractivity (Wildman–Crippen MR) is 68.4 cm³/mol. The second-order valence-electron chi connectivity index (χ2n) is 5.02. The molecule has 2 unspecified atom stereocenters. The molecule has 2 atom stereocenters. The predicted octanol–water partition coefficient (Wildman–Crippen LogP) is 1.52. The van der Waals surface area contributed by atoms with Crippen molar-refractivity contribution in [1.29, 1.82) is 0 Å². The molecule has 3 nitrogen and oxygen atoms in total. The topological polar surface area (TPSA) is 55.1 Å². The zero-order chi connectivity index (χ0) is 11.4. The van der Waals surface area contributed by atoms with Gasteiger partial charge in [0.1, 0.15) is 0 Å². The van der Waals surface area contributed by atoms with Crippen LogP contribution in [0.15, 0.2) is 0 Å². The lowest BCUT2D eigenvalue weighted by Gasteiger charge is -2.33. The first-order valence-corrected chi connectivity index (χ1v) is 7.54. The van der Waals surface area contributed by atoms with Gasteiger partial charge in [-0.05, 0) is 43.6 Å². The van der Waals surface area contributed by atoms with Crippen molar-refractivity contribution in [3.05, 3.63) is 0 Å². The molecule has 4 heteroatoms. The third-order valence-electron chi connectivity index (χ3n) is 3.77. The molecule has 1 saturated carbocycles. The molecule has 0 radical (unpaired) electrons. The first-order chi connectivity index (χ1) is 7.75. The Hall–Kier alpha value is -0.220. The Morgan fingerprint density at radius 3 is 2.56 bits per heavy atom. The van der Waals surface area contributed by atoms with Crippen molar-refractivity contribution in [3.63, 3.8) is 0 Å². The van der Waals surface area contributed by atoms with Gasteiger partial charge in [0.2, 0.25) is 5.91 Å². The monoisotopic (exact) mass is 242 g/mol. The van der Waals surface area contributed by atoms with Crippen LogP contribution in [0.3, 0.4) is 0 Å². The summed E-state index contributed by atoms with van der Waals surface area (Å²) in [6, 6.07) is 1.21. The zero-order valence-electron chi connectivity index (χ0n) is 9.78. The summed E-state index contributed by atoms with van der Waals surface area (Å²) < 4.78 is 0. The Kier molecular flexibility index (Phi) is 4.53. The molecule has 2 fully saturated rings. The van der Waals surface area contributed by atoms with Crippen LogP contribution in [0, 0.1) is 5.92 Å². The summed E-state index contributed by atoms with van der Waals surface area (Å²) in [5.74, 6) is 2.57. The molecule has 0 aromatic rings. The maximum atomic E-state index is 11.2. The number of primary amides is 1. The molecule has 0 aromatic carbocycles. The molecule has 1 aliphatic heterocycles. The van der Waals surface area contributed by atoms with E-state index in [1.807, 2.05) is 0 Å². The first-order valence-electron chi connectivity index (χ1n) is 6.39. The molecule has 1 aliphatic carbocycles. The van der Waals surface area contributed by atoms with Crippen LogP contribution in [-0.2, 0) is 4.79 Å². The third-order valence-corrected chi connectivity index (χ3v) is 4.82. The number of carbonyl (C=O) groups excluding carboxylic acids is 1. The first kappa shape index (κ1) is 12.2. The van der Waals surface area contributed by atoms with Gasteiger partial charge in [-0.25, -0.2) is 0 Å². The Bertz CT molecular complexity index is 241. The molecule has 1 heterocycles. The van der Waals surface area contributed by atoms with Gasteiger partial charge < -0.3 is 11.1 Å². The lowest BCUT2D eigenvalue weighted by molar-refractivity contribution is -0.122. The van der Waals surface area contributed by atoms with Crippen LogP contribution < -0.4 is 11.1 Å². The molecule has 3 N–H and O–H groups in total. The summed E-state index contributed by atoms with van der Waals surface area (Å²) in [4.78, 5) is 11.2. The average Bonchev–Trinajstić information content (AvgIpc) is 2.30. The van der Waals surface area contributed by atoms with E-state index in [0.29, 0.717) is 12.1 Å². The minimum atomic E-state index is -0.106. The van der Waals surface area contributed by atoms with Gasteiger partial charge in [-0.3, -0.25) is 4.79 Å². The number of thioether (sulfide) groups is 1. The second-order valence-corrected chi connectivity index (χ2v) is 6.24. The zero-order valence-corrected chi connectivity index (χ0v) is 10.6. The number of carbonyl (C=O) groups is 1. The molecule has 1 saturated heterocycles. The normalized spacial score (nSPS) is 32.5. The van der Waals surface area contributed by atoms with E-state index in [1.54, 1.807) is 0 Å². The second kappa shape index (κ2) is 5.92. The van der Waals surface area contributed by atoms with Crippen molar-refractivity contribution in [2.75, 3.05) is 11.5 Å². The molecule has 0 bridgehead atoms. The SMILES string of the molecule is NC(=O)C1CCCC(NC2CCSCC2)C1. The van der Waals surface area contributed by atoms with Crippen molar-refractivity contribution in [2.45, 2.75) is 50.6 Å². The summed E-state index contributed by atoms with van der Waals surface area (Å²) in [5.41, 5.74) is 5.39. The highest BCUT2D eigenvalue weighted by Gasteiger charge is 2.27. The maximum Gasteiger partial charge on any atom is 0.220 e. The van der Waals surface area contributed by atoms with E-state index in [2.05, 4.69) is 17.1 Å². The van der Waals surface area contributed by atoms with Crippen LogP contribution in [0.5, 0.6) is 0 Å². The highest BCUT2D eigenvalue weighted by molar-refractivity contribution is 7.99. The fourth-order valence-electron chi connectivity index (χ4n) is 2.80. The molecule has 92 valence electrons. The van der Waals surface area contributed by atoms with Crippen molar-refractivity contribution in [3.8, 4) is 0 Å². The van der Waals surface area contributed by atoms with E-state index in [-0.39, 0.29) is 11.8 Å². The standard InChI is InChI=1S/C12H22N2OS/c13-12(15)9-2-1-3-11(8-9)14-10-4-6-16-7-5-10/h9-11,14H,1-8H2,(H2,13,15). The summed E-state index contributed by atoms with van der Waals surface area (Å²) in [6.07, 6.45) is 6.87. The lowest BCUT2D eigenvalue weighted by Crippen LogP contribution is -2.44. The molecular formula is C12H22N2OS. The van der Waals surface area contributed by atoms with E-state index in [9.17, 15) is 4.79 Å². The summed E-state index contributed by atoms with van der Waals surface area (Å²) >= 11 is 2.05. The van der Waals surface area contributed by atoms with E-state index in [0.717, 1.165) is 19.3 Å². The van der Waals surface area contributed by atoms with E-state index in [1.165, 1.54) is 30.8 Å². The van der Waals surface area contributed by atoms with Crippen LogP contribution in [0.25, 0.3) is 0 Å². The lowest BCUT2D eigenvalue weighted by atomic mass is 9.85.